The summed E-state index contributed by atoms with van der Waals surface area (Å²) in [6.45, 7) is 8.64. The van der Waals surface area contributed by atoms with E-state index >= 15 is 0 Å². The molecule has 0 amide bonds. The van der Waals surface area contributed by atoms with Crippen LogP contribution < -0.4 is 11.1 Å². The minimum Gasteiger partial charge on any atom is -0.480 e. The third kappa shape index (κ3) is 3.74. The molecule has 0 heterocycles. The lowest BCUT2D eigenvalue weighted by Crippen LogP contribution is -2.37. The first-order valence-electron chi connectivity index (χ1n) is 6.05. The lowest BCUT2D eigenvalue weighted by molar-refractivity contribution is -0.138. The molecular weight excluding hydrogens is 228 g/mol. The van der Waals surface area contributed by atoms with E-state index in [1.54, 1.807) is 0 Å². The first kappa shape index (κ1) is 14.5. The monoisotopic (exact) mass is 250 g/mol. The molecule has 1 aromatic carbocycles. The number of hydrogen-bond acceptors (Lipinski definition) is 3. The first-order chi connectivity index (χ1) is 8.21. The molecular formula is C14H22N2O2. The van der Waals surface area contributed by atoms with Crippen molar-refractivity contribution >= 4 is 11.7 Å². The van der Waals surface area contributed by atoms with E-state index in [9.17, 15) is 4.79 Å². The minimum atomic E-state index is -0.993. The zero-order valence-corrected chi connectivity index (χ0v) is 11.4. The Kier molecular flexibility index (Phi) is 4.35. The van der Waals surface area contributed by atoms with Gasteiger partial charge in [-0.2, -0.15) is 0 Å². The molecule has 0 bridgehead atoms. The van der Waals surface area contributed by atoms with E-state index < -0.39 is 12.0 Å². The van der Waals surface area contributed by atoms with E-state index in [2.05, 4.69) is 38.2 Å². The molecule has 0 aliphatic rings. The Morgan fingerprint density at radius 2 is 2.06 bits per heavy atom. The maximum atomic E-state index is 10.7. The highest BCUT2D eigenvalue weighted by molar-refractivity contribution is 5.74. The Hall–Kier alpha value is -1.55. The molecule has 4 nitrogen and oxygen atoms in total. The molecule has 4 heteroatoms. The maximum absolute atomic E-state index is 10.7. The lowest BCUT2D eigenvalue weighted by Gasteiger charge is -2.21. The van der Waals surface area contributed by atoms with Gasteiger partial charge in [0.15, 0.2) is 0 Å². The van der Waals surface area contributed by atoms with Gasteiger partial charge in [0.2, 0.25) is 0 Å². The van der Waals surface area contributed by atoms with E-state index in [-0.39, 0.29) is 12.0 Å². The SMILES string of the molecule is Cc1ccc(C(C)(C)C)cc1NCC(N)C(=O)O. The molecule has 4 N–H and O–H groups in total. The van der Waals surface area contributed by atoms with Crippen molar-refractivity contribution in [3.63, 3.8) is 0 Å². The van der Waals surface area contributed by atoms with Gasteiger partial charge >= 0.3 is 5.97 Å². The number of carboxylic acids is 1. The number of carbonyl (C=O) groups is 1. The van der Waals surface area contributed by atoms with Gasteiger partial charge in [0, 0.05) is 12.2 Å². The van der Waals surface area contributed by atoms with E-state index in [1.807, 2.05) is 13.0 Å². The number of anilines is 1. The molecule has 0 saturated carbocycles. The second kappa shape index (κ2) is 5.40. The van der Waals surface area contributed by atoms with Crippen LogP contribution in [0.4, 0.5) is 5.69 Å². The average molecular weight is 250 g/mol. The Bertz CT molecular complexity index is 436. The molecule has 0 aromatic heterocycles. The number of hydrogen-bond donors (Lipinski definition) is 3. The van der Waals surface area contributed by atoms with Crippen LogP contribution in [0.1, 0.15) is 31.9 Å². The third-order valence-corrected chi connectivity index (χ3v) is 2.93. The molecule has 1 aromatic rings. The lowest BCUT2D eigenvalue weighted by atomic mass is 9.86. The van der Waals surface area contributed by atoms with Crippen molar-refractivity contribution in [1.82, 2.24) is 0 Å². The third-order valence-electron chi connectivity index (χ3n) is 2.93. The van der Waals surface area contributed by atoms with Crippen molar-refractivity contribution in [2.45, 2.75) is 39.2 Å². The molecule has 0 radical (unpaired) electrons. The normalized spacial score (nSPS) is 13.2. The predicted molar refractivity (Wildman–Crippen MR) is 74.0 cm³/mol. The topological polar surface area (TPSA) is 75.3 Å². The predicted octanol–water partition coefficient (Wildman–Crippen LogP) is 2.12. The van der Waals surface area contributed by atoms with Crippen LogP contribution in [-0.4, -0.2) is 23.7 Å². The summed E-state index contributed by atoms with van der Waals surface area (Å²) >= 11 is 0. The molecule has 1 unspecified atom stereocenters. The van der Waals surface area contributed by atoms with Gasteiger partial charge in [0.1, 0.15) is 6.04 Å². The second-order valence-corrected chi connectivity index (χ2v) is 5.61. The number of rotatable bonds is 4. The van der Waals surface area contributed by atoms with Crippen molar-refractivity contribution in [2.24, 2.45) is 5.73 Å². The van der Waals surface area contributed by atoms with Crippen LogP contribution in [0, 0.1) is 6.92 Å². The number of aliphatic carboxylic acids is 1. The average Bonchev–Trinajstić information content (AvgIpc) is 2.25. The molecule has 0 saturated heterocycles. The number of nitrogens with two attached hydrogens (primary N) is 1. The van der Waals surface area contributed by atoms with Crippen molar-refractivity contribution in [2.75, 3.05) is 11.9 Å². The van der Waals surface area contributed by atoms with E-state index in [0.29, 0.717) is 0 Å². The van der Waals surface area contributed by atoms with Crippen molar-refractivity contribution in [3.8, 4) is 0 Å². The van der Waals surface area contributed by atoms with Gasteiger partial charge in [-0.05, 0) is 29.5 Å². The fourth-order valence-corrected chi connectivity index (χ4v) is 1.59. The zero-order valence-electron chi connectivity index (χ0n) is 11.4. The summed E-state index contributed by atoms with van der Waals surface area (Å²) in [4.78, 5) is 10.7. The zero-order chi connectivity index (χ0) is 13.9. The van der Waals surface area contributed by atoms with Gasteiger partial charge in [-0.3, -0.25) is 4.79 Å². The standard InChI is InChI=1S/C14H22N2O2/c1-9-5-6-10(14(2,3)4)7-12(9)16-8-11(15)13(17)18/h5-7,11,16H,8,15H2,1-4H3,(H,17,18). The molecule has 0 aliphatic carbocycles. The maximum Gasteiger partial charge on any atom is 0.322 e. The Labute approximate surface area is 108 Å². The Morgan fingerprint density at radius 1 is 1.44 bits per heavy atom. The van der Waals surface area contributed by atoms with Gasteiger partial charge in [-0.25, -0.2) is 0 Å². The first-order valence-corrected chi connectivity index (χ1v) is 6.05. The smallest absolute Gasteiger partial charge is 0.322 e. The highest BCUT2D eigenvalue weighted by atomic mass is 16.4. The summed E-state index contributed by atoms with van der Waals surface area (Å²) in [7, 11) is 0. The van der Waals surface area contributed by atoms with Crippen molar-refractivity contribution < 1.29 is 9.90 Å². The summed E-state index contributed by atoms with van der Waals surface area (Å²) in [6, 6.07) is 5.30. The molecule has 0 spiro atoms. The molecule has 1 atom stereocenters. The molecule has 18 heavy (non-hydrogen) atoms. The molecule has 1 rings (SSSR count). The summed E-state index contributed by atoms with van der Waals surface area (Å²) < 4.78 is 0. The summed E-state index contributed by atoms with van der Waals surface area (Å²) in [5.41, 5.74) is 8.78. The number of nitrogens with one attached hydrogen (secondary N) is 1. The fraction of sp³-hybridized carbons (Fsp3) is 0.500. The van der Waals surface area contributed by atoms with Crippen molar-refractivity contribution in [3.05, 3.63) is 29.3 Å². The van der Waals surface area contributed by atoms with Gasteiger partial charge in [0.25, 0.3) is 0 Å². The van der Waals surface area contributed by atoms with Gasteiger partial charge in [0.05, 0.1) is 0 Å². The van der Waals surface area contributed by atoms with Crippen LogP contribution in [0.5, 0.6) is 0 Å². The fourth-order valence-electron chi connectivity index (χ4n) is 1.59. The number of aryl methyl sites for hydroxylation is 1. The quantitative estimate of drug-likeness (QED) is 0.765. The summed E-state index contributed by atoms with van der Waals surface area (Å²) in [6.07, 6.45) is 0. The molecule has 0 aliphatic heterocycles. The Morgan fingerprint density at radius 3 is 2.56 bits per heavy atom. The van der Waals surface area contributed by atoms with Gasteiger partial charge in [-0.15, -0.1) is 0 Å². The number of carboxylic acid groups (broad SMARTS) is 1. The van der Waals surface area contributed by atoms with Crippen molar-refractivity contribution in [1.29, 1.82) is 0 Å². The van der Waals surface area contributed by atoms with Gasteiger partial charge < -0.3 is 16.2 Å². The highest BCUT2D eigenvalue weighted by Crippen LogP contribution is 2.26. The summed E-state index contributed by atoms with van der Waals surface area (Å²) in [5, 5.41) is 11.8. The van der Waals surface area contributed by atoms with Crippen LogP contribution >= 0.6 is 0 Å². The molecule has 0 fully saturated rings. The van der Waals surface area contributed by atoms with Crippen LogP contribution in [0.2, 0.25) is 0 Å². The largest absolute Gasteiger partial charge is 0.480 e. The minimum absolute atomic E-state index is 0.0685. The van der Waals surface area contributed by atoms with Crippen LogP contribution in [0.25, 0.3) is 0 Å². The van der Waals surface area contributed by atoms with Crippen LogP contribution in [0.15, 0.2) is 18.2 Å². The summed E-state index contributed by atoms with van der Waals surface area (Å²) in [5.74, 6) is -0.993. The van der Waals surface area contributed by atoms with E-state index in [0.717, 1.165) is 11.3 Å². The van der Waals surface area contributed by atoms with Crippen LogP contribution in [-0.2, 0) is 10.2 Å². The van der Waals surface area contributed by atoms with E-state index in [1.165, 1.54) is 5.56 Å². The second-order valence-electron chi connectivity index (χ2n) is 5.61. The van der Waals surface area contributed by atoms with E-state index in [4.69, 9.17) is 10.8 Å². The highest BCUT2D eigenvalue weighted by Gasteiger charge is 2.16. The molecule has 100 valence electrons. The van der Waals surface area contributed by atoms with Gasteiger partial charge in [-0.1, -0.05) is 32.9 Å². The van der Waals surface area contributed by atoms with Crippen LogP contribution in [0.3, 0.4) is 0 Å². The number of benzene rings is 1. The Balaban J connectivity index is 2.85.